The molecule has 21 aromatic rings. The lowest BCUT2D eigenvalue weighted by atomic mass is 9.96. The van der Waals surface area contributed by atoms with Gasteiger partial charge in [0.05, 0.1) is 22.1 Å². The second kappa shape index (κ2) is 26.3. The first-order valence-corrected chi connectivity index (χ1v) is 37.1. The average Bonchev–Trinajstić information content (AvgIpc) is 1.58. The van der Waals surface area contributed by atoms with E-state index in [4.69, 9.17) is 29.9 Å². The summed E-state index contributed by atoms with van der Waals surface area (Å²) in [4.78, 5) is 31.2. The molecular weight excluding hydrogens is 1330 g/mol. The lowest BCUT2D eigenvalue weighted by Crippen LogP contribution is -2.01. The van der Waals surface area contributed by atoms with Crippen LogP contribution in [0.1, 0.15) is 0 Å². The zero-order chi connectivity index (χ0) is 70.0. The van der Waals surface area contributed by atoms with E-state index < -0.39 is 0 Å². The van der Waals surface area contributed by atoms with Crippen molar-refractivity contribution in [3.63, 3.8) is 0 Å². The van der Waals surface area contributed by atoms with E-state index in [9.17, 15) is 0 Å². The van der Waals surface area contributed by atoms with Crippen molar-refractivity contribution in [1.29, 1.82) is 0 Å². The minimum Gasteiger partial charge on any atom is -0.309 e. The number of hydrogen-bond donors (Lipinski definition) is 0. The van der Waals surface area contributed by atoms with Crippen molar-refractivity contribution in [3.05, 3.63) is 364 Å². The Morgan fingerprint density at radius 3 is 0.821 bits per heavy atom. The van der Waals surface area contributed by atoms with Gasteiger partial charge < -0.3 is 9.13 Å². The van der Waals surface area contributed by atoms with Crippen LogP contribution in [0.5, 0.6) is 0 Å². The molecule has 0 atom stereocenters. The van der Waals surface area contributed by atoms with Crippen molar-refractivity contribution in [2.24, 2.45) is 0 Å². The third-order valence-electron chi connectivity index (χ3n) is 20.1. The summed E-state index contributed by atoms with van der Waals surface area (Å²) in [7, 11) is 0. The van der Waals surface area contributed by atoms with E-state index >= 15 is 0 Å². The topological polar surface area (TPSA) is 87.2 Å². The number of nitrogens with zero attached hydrogens (tertiary/aromatic N) is 8. The Bertz CT molecular complexity index is 6810. The van der Waals surface area contributed by atoms with E-state index in [0.717, 1.165) is 100 Å². The summed E-state index contributed by atoms with van der Waals surface area (Å²) in [5, 5.41) is 9.94. The maximum Gasteiger partial charge on any atom is 0.164 e. The zero-order valence-corrected chi connectivity index (χ0v) is 58.7. The summed E-state index contributed by atoms with van der Waals surface area (Å²) < 4.78 is 9.63. The predicted molar refractivity (Wildman–Crippen MR) is 443 cm³/mol. The molecular formula is C96H60N8S2. The fourth-order valence-corrected chi connectivity index (χ4v) is 17.3. The molecule has 0 amide bonds. The van der Waals surface area contributed by atoms with Gasteiger partial charge in [0.2, 0.25) is 0 Å². The Balaban J connectivity index is 0.000000141. The predicted octanol–water partition coefficient (Wildman–Crippen LogP) is 25.7. The average molecular weight is 1390 g/mol. The summed E-state index contributed by atoms with van der Waals surface area (Å²) in [6, 6.07) is 128. The molecule has 6 aromatic heterocycles. The maximum atomic E-state index is 5.28. The highest BCUT2D eigenvalue weighted by molar-refractivity contribution is 7.26. The molecule has 0 N–H and O–H groups in total. The summed E-state index contributed by atoms with van der Waals surface area (Å²) in [6.07, 6.45) is 0. The van der Waals surface area contributed by atoms with Crippen molar-refractivity contribution in [1.82, 2.24) is 39.0 Å². The van der Waals surface area contributed by atoms with Crippen LogP contribution in [0.4, 0.5) is 0 Å². The Morgan fingerprint density at radius 1 is 0.160 bits per heavy atom. The monoisotopic (exact) mass is 1390 g/mol. The van der Waals surface area contributed by atoms with Crippen LogP contribution in [-0.2, 0) is 0 Å². The van der Waals surface area contributed by atoms with E-state index in [1.54, 1.807) is 22.7 Å². The third-order valence-corrected chi connectivity index (χ3v) is 22.3. The molecule has 21 rings (SSSR count). The first-order valence-electron chi connectivity index (χ1n) is 35.5. The van der Waals surface area contributed by atoms with Crippen LogP contribution in [0, 0.1) is 0 Å². The van der Waals surface area contributed by atoms with Gasteiger partial charge >= 0.3 is 0 Å². The summed E-state index contributed by atoms with van der Waals surface area (Å²) in [5.41, 5.74) is 19.1. The molecule has 106 heavy (non-hydrogen) atoms. The van der Waals surface area contributed by atoms with Gasteiger partial charge in [-0.15, -0.1) is 22.7 Å². The number of aromatic nitrogens is 8. The molecule has 8 nitrogen and oxygen atoms in total. The third kappa shape index (κ3) is 11.3. The normalized spacial score (nSPS) is 11.6. The van der Waals surface area contributed by atoms with E-state index in [0.29, 0.717) is 34.9 Å². The number of thiophene rings is 2. The molecule has 0 aliphatic carbocycles. The minimum atomic E-state index is 0.621. The molecule has 0 fully saturated rings. The Kier molecular flexibility index (Phi) is 15.4. The van der Waals surface area contributed by atoms with Gasteiger partial charge in [0, 0.05) is 107 Å². The van der Waals surface area contributed by atoms with Crippen molar-refractivity contribution >= 4 is 107 Å². The fraction of sp³-hybridized carbons (Fsp3) is 0. The summed E-state index contributed by atoms with van der Waals surface area (Å²) in [5.74, 6) is 3.81. The van der Waals surface area contributed by atoms with E-state index in [1.165, 1.54) is 61.9 Å². The molecule has 0 aliphatic rings. The van der Waals surface area contributed by atoms with Crippen LogP contribution in [0.2, 0.25) is 0 Å². The fourth-order valence-electron chi connectivity index (χ4n) is 15.0. The molecule has 0 spiro atoms. The van der Waals surface area contributed by atoms with Crippen LogP contribution >= 0.6 is 22.7 Å². The van der Waals surface area contributed by atoms with E-state index in [1.807, 2.05) is 6.07 Å². The Morgan fingerprint density at radius 2 is 0.425 bits per heavy atom. The first kappa shape index (κ1) is 62.2. The molecule has 15 aromatic carbocycles. The highest BCUT2D eigenvalue weighted by Gasteiger charge is 2.21. The van der Waals surface area contributed by atoms with Gasteiger partial charge in [0.1, 0.15) is 0 Å². The number of rotatable bonds is 11. The highest BCUT2D eigenvalue weighted by Crippen LogP contribution is 2.42. The van der Waals surface area contributed by atoms with Crippen LogP contribution in [0.25, 0.3) is 197 Å². The number of hydrogen-bond acceptors (Lipinski definition) is 8. The van der Waals surface area contributed by atoms with Crippen molar-refractivity contribution in [2.45, 2.75) is 0 Å². The van der Waals surface area contributed by atoms with Crippen LogP contribution in [0.15, 0.2) is 364 Å². The summed E-state index contributed by atoms with van der Waals surface area (Å²) >= 11 is 3.60. The van der Waals surface area contributed by atoms with Crippen molar-refractivity contribution in [2.75, 3.05) is 0 Å². The van der Waals surface area contributed by atoms with Gasteiger partial charge in [-0.25, -0.2) is 29.9 Å². The largest absolute Gasteiger partial charge is 0.309 e. The second-order valence-electron chi connectivity index (χ2n) is 26.5. The molecule has 10 heteroatoms. The van der Waals surface area contributed by atoms with Gasteiger partial charge in [-0.1, -0.05) is 267 Å². The Hall–Kier alpha value is -13.6. The van der Waals surface area contributed by atoms with Crippen LogP contribution in [-0.4, -0.2) is 39.0 Å². The van der Waals surface area contributed by atoms with E-state index in [-0.39, 0.29) is 0 Å². The SMILES string of the molecule is c1ccc(-c2cc(-c3ccccc3)cc(-c3nc(-c4cccc(-n5c6ccccc6c6ccccc65)c4)nc(-c4ccc5c(c4)sc4ccccc45)n3)c2)cc1.c1ccc(-c2cccc(-c3nc(-c4cccc(-n5c6ccccc6c6ccccc65)c4)nc(-c4ccc5c(c4)sc4ccccc45)n3)c2)cc1. The number of fused-ring (bicyclic) bond motifs is 12. The molecule has 0 bridgehead atoms. The second-order valence-corrected chi connectivity index (χ2v) is 28.7. The first-order chi connectivity index (χ1) is 52.5. The van der Waals surface area contributed by atoms with Crippen molar-refractivity contribution < 1.29 is 0 Å². The number of benzene rings is 15. The van der Waals surface area contributed by atoms with Crippen LogP contribution in [0.3, 0.4) is 0 Å². The van der Waals surface area contributed by atoms with Gasteiger partial charge in [0.25, 0.3) is 0 Å². The Labute approximate surface area is 618 Å². The zero-order valence-electron chi connectivity index (χ0n) is 57.0. The van der Waals surface area contributed by atoms with Gasteiger partial charge in [-0.05, 0) is 130 Å². The van der Waals surface area contributed by atoms with Crippen molar-refractivity contribution in [3.8, 4) is 113 Å². The quantitative estimate of drug-likeness (QED) is 0.128. The molecule has 6 heterocycles. The maximum absolute atomic E-state index is 5.28. The molecule has 0 unspecified atom stereocenters. The molecule has 0 saturated carbocycles. The van der Waals surface area contributed by atoms with Gasteiger partial charge in [-0.3, -0.25) is 0 Å². The van der Waals surface area contributed by atoms with Gasteiger partial charge in [0.15, 0.2) is 34.9 Å². The summed E-state index contributed by atoms with van der Waals surface area (Å²) in [6.45, 7) is 0. The lowest BCUT2D eigenvalue weighted by molar-refractivity contribution is 1.07. The molecule has 0 saturated heterocycles. The van der Waals surface area contributed by atoms with Crippen LogP contribution < -0.4 is 0 Å². The highest BCUT2D eigenvalue weighted by atomic mass is 32.1. The number of para-hydroxylation sites is 4. The molecule has 496 valence electrons. The van der Waals surface area contributed by atoms with Gasteiger partial charge in [-0.2, -0.15) is 0 Å². The minimum absolute atomic E-state index is 0.621. The van der Waals surface area contributed by atoms with E-state index in [2.05, 4.69) is 367 Å². The standard InChI is InChI=1S/C51H32N4S.C45H28N4S/c1-3-14-33(15-4-1)37-28-38(34-16-5-2-6-17-34)30-39(29-37)51-53-49(52-50(54-51)36-26-27-44-43-22-9-12-25-47(43)56-48(44)32-36)35-18-13-19-40(31-35)55-45-23-10-7-20-41(45)42-21-8-11-24-46(42)55;1-2-12-29(13-3-1)30-14-10-15-31(26-30)43-46-44(48-45(47-43)33-24-25-38-37-20-6-9-23-41(37)50-42(38)28-33)32-16-11-17-34(27-32)49-39-21-7-4-18-35(39)36-19-5-8-22-40(36)49/h1-32H;1-28H. The molecule has 0 aliphatic heterocycles. The smallest absolute Gasteiger partial charge is 0.164 e. The molecule has 0 radical (unpaired) electrons. The lowest BCUT2D eigenvalue weighted by Gasteiger charge is -2.13.